The molecule has 57 heavy (non-hydrogen) atoms. The van der Waals surface area contributed by atoms with Crippen LogP contribution in [0.2, 0.25) is 0 Å². The summed E-state index contributed by atoms with van der Waals surface area (Å²) < 4.78 is 10.1. The Bertz CT molecular complexity index is 2310. The highest BCUT2D eigenvalue weighted by Crippen LogP contribution is 2.72. The van der Waals surface area contributed by atoms with E-state index in [4.69, 9.17) is 19.8 Å². The van der Waals surface area contributed by atoms with Gasteiger partial charge in [-0.1, -0.05) is 37.3 Å². The van der Waals surface area contributed by atoms with Gasteiger partial charge in [-0.3, -0.25) is 4.68 Å². The van der Waals surface area contributed by atoms with E-state index in [2.05, 4.69) is 45.0 Å². The van der Waals surface area contributed by atoms with Gasteiger partial charge in [0.05, 0.1) is 35.2 Å². The first-order valence-corrected chi connectivity index (χ1v) is 21.1. The van der Waals surface area contributed by atoms with E-state index in [-0.39, 0.29) is 34.1 Å². The van der Waals surface area contributed by atoms with Crippen molar-refractivity contribution in [3.05, 3.63) is 65.1 Å². The molecule has 4 atom stereocenters. The van der Waals surface area contributed by atoms with Gasteiger partial charge in [-0.05, 0) is 113 Å². The molecular weight excluding hydrogens is 739 g/mol. The number of aromatic carboxylic acids is 1. The summed E-state index contributed by atoms with van der Waals surface area (Å²) in [5.74, 6) is 0.814. The predicted octanol–water partition coefficient (Wildman–Crippen LogP) is 7.55. The molecule has 5 aromatic rings. The highest BCUT2D eigenvalue weighted by Gasteiger charge is 2.66. The third-order valence-electron chi connectivity index (χ3n) is 13.2. The molecule has 0 radical (unpaired) electrons. The molecule has 1 aliphatic heterocycles. The molecule has 4 aromatic heterocycles. The zero-order chi connectivity index (χ0) is 39.7. The summed E-state index contributed by atoms with van der Waals surface area (Å²) in [7, 11) is 2.03. The number of hydrogen-bond acceptors (Lipinski definition) is 12. The van der Waals surface area contributed by atoms with Crippen molar-refractivity contribution in [2.45, 2.75) is 91.2 Å². The van der Waals surface area contributed by atoms with Crippen LogP contribution in [-0.2, 0) is 17.7 Å². The monoisotopic (exact) mass is 791 g/mol. The zero-order valence-corrected chi connectivity index (χ0v) is 34.5. The molecule has 0 unspecified atom stereocenters. The zero-order valence-electron chi connectivity index (χ0n) is 33.6. The van der Waals surface area contributed by atoms with Crippen molar-refractivity contribution < 1.29 is 19.7 Å². The van der Waals surface area contributed by atoms with Crippen LogP contribution in [-0.4, -0.2) is 96.5 Å². The van der Waals surface area contributed by atoms with Gasteiger partial charge in [-0.15, -0.1) is 10.2 Å². The van der Waals surface area contributed by atoms with Gasteiger partial charge in [0.1, 0.15) is 5.82 Å². The van der Waals surface area contributed by atoms with Gasteiger partial charge in [0, 0.05) is 54.1 Å². The quantitative estimate of drug-likeness (QED) is 0.108. The van der Waals surface area contributed by atoms with Crippen molar-refractivity contribution in [1.29, 1.82) is 0 Å². The third kappa shape index (κ3) is 6.98. The van der Waals surface area contributed by atoms with Crippen molar-refractivity contribution in [1.82, 2.24) is 34.8 Å². The molecule has 0 amide bonds. The number of rotatable bonds is 13. The fraction of sp³-hybridized carbons (Fsp3) is 0.535. The minimum atomic E-state index is -1.08. The molecule has 4 fully saturated rings. The molecule has 4 aliphatic carbocycles. The molecule has 4 saturated carbocycles. The summed E-state index contributed by atoms with van der Waals surface area (Å²) in [6.07, 6.45) is 10.2. The van der Waals surface area contributed by atoms with Crippen LogP contribution in [0.5, 0.6) is 0 Å². The number of carboxylic acid groups (broad SMARTS) is 1. The fourth-order valence-corrected chi connectivity index (χ4v) is 12.8. The number of ether oxygens (including phenoxy) is 1. The van der Waals surface area contributed by atoms with E-state index in [0.29, 0.717) is 42.7 Å². The molecule has 10 rings (SSSR count). The number of carboxylic acids is 1. The summed E-state index contributed by atoms with van der Waals surface area (Å²) in [5, 5.41) is 38.3. The van der Waals surface area contributed by atoms with Crippen molar-refractivity contribution >= 4 is 50.1 Å². The molecule has 0 spiro atoms. The Hall–Kier alpha value is -4.50. The number of aromatic nitrogens is 6. The van der Waals surface area contributed by atoms with E-state index in [9.17, 15) is 15.0 Å². The second kappa shape index (κ2) is 14.1. The van der Waals surface area contributed by atoms with E-state index in [0.717, 1.165) is 95.8 Å². The lowest BCUT2D eigenvalue weighted by Gasteiger charge is -2.69. The van der Waals surface area contributed by atoms with Gasteiger partial charge in [0.25, 0.3) is 0 Å². The topological polar surface area (TPSA) is 155 Å². The molecule has 5 heterocycles. The number of anilines is 4. The van der Waals surface area contributed by atoms with Crippen LogP contribution in [0.15, 0.2) is 42.6 Å². The molecule has 14 heteroatoms. The van der Waals surface area contributed by atoms with Gasteiger partial charge >= 0.3 is 5.97 Å². The molecule has 0 saturated heterocycles. The second-order valence-electron chi connectivity index (χ2n) is 18.3. The van der Waals surface area contributed by atoms with E-state index < -0.39 is 5.97 Å². The van der Waals surface area contributed by atoms with E-state index >= 15 is 0 Å². The largest absolute Gasteiger partial charge is 0.476 e. The first kappa shape index (κ1) is 38.0. The second-order valence-corrected chi connectivity index (χ2v) is 19.3. The highest BCUT2D eigenvalue weighted by molar-refractivity contribution is 7.22. The number of nitrogens with zero attached hydrogens (tertiary/aromatic N) is 8. The minimum Gasteiger partial charge on any atom is -0.476 e. The summed E-state index contributed by atoms with van der Waals surface area (Å²) in [6, 6.07) is 11.8. The summed E-state index contributed by atoms with van der Waals surface area (Å²) in [6.45, 7) is 12.7. The van der Waals surface area contributed by atoms with Crippen molar-refractivity contribution in [2.24, 2.45) is 16.2 Å². The summed E-state index contributed by atoms with van der Waals surface area (Å²) >= 11 is 1.58. The fourth-order valence-electron chi connectivity index (χ4n) is 12.0. The number of nitrogens with one attached hydrogen (secondary N) is 1. The normalized spacial score (nSPS) is 26.4. The Morgan fingerprint density at radius 2 is 1.77 bits per heavy atom. The van der Waals surface area contributed by atoms with Crippen LogP contribution in [0.25, 0.3) is 21.3 Å². The van der Waals surface area contributed by atoms with Gasteiger partial charge in [0.15, 0.2) is 22.5 Å². The number of aliphatic hydroxyl groups excluding tert-OH is 1. The standard InChI is InChI=1S/C43H53N9O4S/c1-27-29-9-8-14-51(37(29)49-48-36(27)47-39-45-32-10-6-7-11-33(32)57-39)34-13-12-30(35(46-34)38(54)55)31-19-44-52(28(31)2)26-42-21-40(3)20-41(4,22-42)24-43(23-40,25-42)56-18-16-50(5)15-17-53/h6-7,10-13,19,53H,8-9,14-18,20-26H2,1-5H3,(H,54,55)(H,45,47,48)/t40-,41+,42+,43-. The molecule has 1 aromatic carbocycles. The lowest BCUT2D eigenvalue weighted by molar-refractivity contribution is -0.248. The highest BCUT2D eigenvalue weighted by atomic mass is 32.1. The number of benzene rings is 1. The lowest BCUT2D eigenvalue weighted by Crippen LogP contribution is -2.64. The van der Waals surface area contributed by atoms with Gasteiger partial charge < -0.3 is 30.1 Å². The van der Waals surface area contributed by atoms with Gasteiger partial charge in [0.2, 0.25) is 0 Å². The predicted molar refractivity (Wildman–Crippen MR) is 222 cm³/mol. The smallest absolute Gasteiger partial charge is 0.355 e. The van der Waals surface area contributed by atoms with Crippen LogP contribution in [0, 0.1) is 30.1 Å². The van der Waals surface area contributed by atoms with Crippen LogP contribution in [0.3, 0.4) is 0 Å². The lowest BCUT2D eigenvalue weighted by atomic mass is 9.39. The average Bonchev–Trinajstić information content (AvgIpc) is 3.72. The number of aliphatic hydroxyl groups is 1. The number of fused-ring (bicyclic) bond motifs is 2. The first-order chi connectivity index (χ1) is 27.3. The number of thiazole rings is 1. The molecule has 5 aliphatic rings. The first-order valence-electron chi connectivity index (χ1n) is 20.3. The Morgan fingerprint density at radius 3 is 2.53 bits per heavy atom. The molecule has 3 N–H and O–H groups in total. The van der Waals surface area contributed by atoms with Crippen LogP contribution >= 0.6 is 11.3 Å². The Balaban J connectivity index is 0.969. The average molecular weight is 792 g/mol. The summed E-state index contributed by atoms with van der Waals surface area (Å²) in [5.41, 5.74) is 5.54. The maximum Gasteiger partial charge on any atom is 0.355 e. The maximum atomic E-state index is 12.9. The molecular formula is C43H53N9O4S. The van der Waals surface area contributed by atoms with E-state index in [1.165, 1.54) is 6.42 Å². The minimum absolute atomic E-state index is 0.00516. The Labute approximate surface area is 337 Å². The summed E-state index contributed by atoms with van der Waals surface area (Å²) in [4.78, 5) is 26.5. The van der Waals surface area contributed by atoms with Crippen molar-refractivity contribution in [2.75, 3.05) is 50.1 Å². The molecule has 300 valence electrons. The Kier molecular flexibility index (Phi) is 9.41. The maximum absolute atomic E-state index is 12.9. The Morgan fingerprint density at radius 1 is 0.982 bits per heavy atom. The third-order valence-corrected chi connectivity index (χ3v) is 14.1. The van der Waals surface area contributed by atoms with E-state index in [1.807, 2.05) is 62.3 Å². The van der Waals surface area contributed by atoms with Crippen molar-refractivity contribution in [3.8, 4) is 11.1 Å². The number of likely N-dealkylation sites (N-methyl/N-ethyl adjacent to an activating group) is 1. The van der Waals surface area contributed by atoms with Gasteiger partial charge in [-0.25, -0.2) is 14.8 Å². The van der Waals surface area contributed by atoms with Crippen molar-refractivity contribution in [3.63, 3.8) is 0 Å². The number of pyridine rings is 1. The van der Waals surface area contributed by atoms with E-state index in [1.54, 1.807) is 11.3 Å². The molecule has 13 nitrogen and oxygen atoms in total. The molecule has 4 bridgehead atoms. The van der Waals surface area contributed by atoms with Crippen LogP contribution < -0.4 is 10.2 Å². The van der Waals surface area contributed by atoms with Crippen LogP contribution in [0.1, 0.15) is 86.1 Å². The van der Waals surface area contributed by atoms with Gasteiger partial charge in [-0.2, -0.15) is 5.10 Å². The van der Waals surface area contributed by atoms with Crippen LogP contribution in [0.4, 0.5) is 22.6 Å². The number of hydrogen-bond donors (Lipinski definition) is 3. The number of para-hydroxylation sites is 1. The number of carbonyl (C=O) groups is 1. The SMILES string of the molecule is Cc1c(Nc2nc3ccccc3s2)nnc2c1CCCN2c1ccc(-c2cnn(C[C@]34C[C@]5(C)C[C@](C)(C3)C[C@@](OCCN(C)CCO)(C5)C4)c2C)c(C(=O)O)n1.